The first-order valence-electron chi connectivity index (χ1n) is 15.4. The number of methoxy groups -OCH3 is 1. The summed E-state index contributed by atoms with van der Waals surface area (Å²) >= 11 is 0. The van der Waals surface area contributed by atoms with E-state index in [-0.39, 0.29) is 42.0 Å². The molecule has 2 bridgehead atoms. The molecular weight excluding hydrogens is 550 g/mol. The van der Waals surface area contributed by atoms with E-state index in [2.05, 4.69) is 10.6 Å². The zero-order chi connectivity index (χ0) is 31.4. The van der Waals surface area contributed by atoms with Crippen molar-refractivity contribution in [3.8, 4) is 11.5 Å². The summed E-state index contributed by atoms with van der Waals surface area (Å²) < 4.78 is 11.9. The van der Waals surface area contributed by atoms with Crippen LogP contribution in [0.15, 0.2) is 24.4 Å². The fourth-order valence-corrected chi connectivity index (χ4v) is 6.46. The fraction of sp³-hybridized carbons (Fsp3) is 0.625. The number of carbonyl (C=O) groups excluding carboxylic acids is 4. The number of hydrogen-bond acceptors (Lipinski definition) is 7. The van der Waals surface area contributed by atoms with Crippen LogP contribution < -0.4 is 20.1 Å². The molecule has 0 unspecified atom stereocenters. The summed E-state index contributed by atoms with van der Waals surface area (Å²) in [5, 5.41) is 5.84. The molecule has 3 aliphatic heterocycles. The second kappa shape index (κ2) is 13.8. The molecule has 236 valence electrons. The number of carbonyl (C=O) groups is 4. The summed E-state index contributed by atoms with van der Waals surface area (Å²) in [5.41, 5.74) is 0.705. The predicted octanol–water partition coefficient (Wildman–Crippen LogP) is 2.25. The highest BCUT2D eigenvalue weighted by atomic mass is 16.5. The zero-order valence-electron chi connectivity index (χ0n) is 26.5. The van der Waals surface area contributed by atoms with Crippen LogP contribution in [0.1, 0.15) is 58.9 Å². The average molecular weight is 598 g/mol. The molecule has 3 heterocycles. The van der Waals surface area contributed by atoms with Gasteiger partial charge in [-0.3, -0.25) is 24.1 Å². The smallest absolute Gasteiger partial charge is 0.249 e. The Labute approximate surface area is 254 Å². The highest BCUT2D eigenvalue weighted by Crippen LogP contribution is 2.32. The van der Waals surface area contributed by atoms with E-state index in [0.29, 0.717) is 42.9 Å². The molecule has 43 heavy (non-hydrogen) atoms. The Morgan fingerprint density at radius 3 is 2.56 bits per heavy atom. The molecule has 1 aromatic carbocycles. The fourth-order valence-electron chi connectivity index (χ4n) is 6.46. The third-order valence-corrected chi connectivity index (χ3v) is 8.93. The van der Waals surface area contributed by atoms with Gasteiger partial charge in [-0.2, -0.15) is 0 Å². The van der Waals surface area contributed by atoms with Crippen LogP contribution in [0.3, 0.4) is 0 Å². The van der Waals surface area contributed by atoms with Crippen LogP contribution in [-0.4, -0.2) is 103 Å². The second-order valence-corrected chi connectivity index (χ2v) is 12.4. The van der Waals surface area contributed by atoms with Gasteiger partial charge < -0.3 is 29.9 Å². The predicted molar refractivity (Wildman–Crippen MR) is 163 cm³/mol. The first kappa shape index (κ1) is 32.3. The Bertz CT molecular complexity index is 1230. The summed E-state index contributed by atoms with van der Waals surface area (Å²) in [6.07, 6.45) is 5.10. The van der Waals surface area contributed by atoms with Crippen LogP contribution in [-0.2, 0) is 19.2 Å². The van der Waals surface area contributed by atoms with Crippen LogP contribution in [0.25, 0.3) is 6.08 Å². The molecule has 11 heteroatoms. The summed E-state index contributed by atoms with van der Waals surface area (Å²) in [7, 11) is 5.29. The van der Waals surface area contributed by atoms with Gasteiger partial charge in [0.05, 0.1) is 13.2 Å². The third kappa shape index (κ3) is 6.82. The Balaban J connectivity index is 1.69. The zero-order valence-corrected chi connectivity index (χ0v) is 26.5. The average Bonchev–Trinajstić information content (AvgIpc) is 3.62. The molecule has 0 spiro atoms. The molecule has 0 radical (unpaired) electrons. The first-order chi connectivity index (χ1) is 20.5. The normalized spacial score (nSPS) is 24.9. The molecule has 2 N–H and O–H groups in total. The molecule has 0 aromatic heterocycles. The van der Waals surface area contributed by atoms with Gasteiger partial charge in [0.2, 0.25) is 23.6 Å². The monoisotopic (exact) mass is 597 g/mol. The van der Waals surface area contributed by atoms with E-state index in [4.69, 9.17) is 9.47 Å². The van der Waals surface area contributed by atoms with Gasteiger partial charge in [0.15, 0.2) is 0 Å². The van der Waals surface area contributed by atoms with Crippen molar-refractivity contribution in [1.82, 2.24) is 25.3 Å². The number of ether oxygens (including phenoxy) is 2. The lowest BCUT2D eigenvalue weighted by Gasteiger charge is -2.36. The SMILES string of the molecule is CC[C@H](C)[C@H](C(=O)N[C@H](C(=O)N1CC[C@@H]2Oc3ccc(OC)c(c3)/C=C\NC(=O)[C@H]3CCCN3C(=O)[C@H]21)C(C)C)N(C)C. The largest absolute Gasteiger partial charge is 0.496 e. The Morgan fingerprint density at radius 2 is 1.91 bits per heavy atom. The van der Waals surface area contributed by atoms with E-state index in [1.54, 1.807) is 47.4 Å². The topological polar surface area (TPSA) is 121 Å². The quantitative estimate of drug-likeness (QED) is 0.472. The lowest BCUT2D eigenvalue weighted by molar-refractivity contribution is -0.150. The molecular formula is C32H47N5O6. The van der Waals surface area contributed by atoms with Gasteiger partial charge in [-0.15, -0.1) is 0 Å². The Kier molecular flexibility index (Phi) is 10.4. The van der Waals surface area contributed by atoms with Crippen molar-refractivity contribution in [2.24, 2.45) is 11.8 Å². The Morgan fingerprint density at radius 1 is 1.16 bits per heavy atom. The number of fused-ring (bicyclic) bond motifs is 4. The molecule has 3 aliphatic rings. The molecule has 0 aliphatic carbocycles. The van der Waals surface area contributed by atoms with E-state index in [1.807, 2.05) is 46.7 Å². The van der Waals surface area contributed by atoms with Gasteiger partial charge in [0.25, 0.3) is 0 Å². The number of likely N-dealkylation sites (N-methyl/N-ethyl adjacent to an activating group) is 1. The van der Waals surface area contributed by atoms with Gasteiger partial charge in [-0.1, -0.05) is 34.1 Å². The summed E-state index contributed by atoms with van der Waals surface area (Å²) in [6, 6.07) is 2.50. The van der Waals surface area contributed by atoms with Crippen molar-refractivity contribution in [3.05, 3.63) is 30.0 Å². The second-order valence-electron chi connectivity index (χ2n) is 12.4. The molecule has 4 rings (SSSR count). The highest BCUT2D eigenvalue weighted by Gasteiger charge is 2.49. The number of nitrogens with one attached hydrogen (secondary N) is 2. The number of amides is 4. The summed E-state index contributed by atoms with van der Waals surface area (Å²) in [5.74, 6) is -0.137. The molecule has 11 nitrogen and oxygen atoms in total. The van der Waals surface area contributed by atoms with E-state index in [1.165, 1.54) is 0 Å². The lowest BCUT2D eigenvalue weighted by Crippen LogP contribution is -2.61. The number of likely N-dealkylation sites (tertiary alicyclic amines) is 1. The van der Waals surface area contributed by atoms with Crippen LogP contribution in [0.5, 0.6) is 11.5 Å². The van der Waals surface area contributed by atoms with Crippen LogP contribution >= 0.6 is 0 Å². The van der Waals surface area contributed by atoms with Crippen molar-refractivity contribution in [2.45, 2.75) is 83.6 Å². The van der Waals surface area contributed by atoms with Gasteiger partial charge >= 0.3 is 0 Å². The maximum atomic E-state index is 14.3. The minimum Gasteiger partial charge on any atom is -0.496 e. The van der Waals surface area contributed by atoms with Gasteiger partial charge in [0, 0.05) is 31.3 Å². The highest BCUT2D eigenvalue weighted by molar-refractivity contribution is 5.96. The van der Waals surface area contributed by atoms with Crippen LogP contribution in [0, 0.1) is 11.8 Å². The van der Waals surface area contributed by atoms with Gasteiger partial charge in [0.1, 0.15) is 35.7 Å². The number of benzene rings is 1. The number of nitrogens with zero attached hydrogens (tertiary/aromatic N) is 3. The van der Waals surface area contributed by atoms with Crippen LogP contribution in [0.2, 0.25) is 0 Å². The van der Waals surface area contributed by atoms with Crippen molar-refractivity contribution >= 4 is 29.7 Å². The summed E-state index contributed by atoms with van der Waals surface area (Å²) in [6.45, 7) is 8.54. The van der Waals surface area contributed by atoms with E-state index < -0.39 is 30.3 Å². The standard InChI is InChI=1S/C32H47N5O6/c1-8-20(4)27(35(5)6)30(39)34-26(19(2)3)31(40)37-17-14-25-28(37)32(41)36-16-9-10-23(36)29(38)33-15-13-21-18-22(43-25)11-12-24(21)42-7/h11-13,15,18-20,23,25-28H,8-10,14,16-17H2,1-7H3,(H,33,38)(H,34,39)/b15-13-/t20-,23+,25-,26-,27+,28-/m0/s1. The summed E-state index contributed by atoms with van der Waals surface area (Å²) in [4.78, 5) is 60.3. The van der Waals surface area contributed by atoms with E-state index in [9.17, 15) is 19.2 Å². The minimum absolute atomic E-state index is 0.0848. The molecule has 4 amide bonds. The third-order valence-electron chi connectivity index (χ3n) is 8.93. The van der Waals surface area contributed by atoms with Crippen LogP contribution in [0.4, 0.5) is 0 Å². The van der Waals surface area contributed by atoms with E-state index >= 15 is 0 Å². The molecule has 2 fully saturated rings. The number of rotatable bonds is 8. The van der Waals surface area contributed by atoms with E-state index in [0.717, 1.165) is 6.42 Å². The number of hydrogen-bond donors (Lipinski definition) is 2. The van der Waals surface area contributed by atoms with Crippen molar-refractivity contribution in [2.75, 3.05) is 34.3 Å². The molecule has 2 saturated heterocycles. The molecule has 6 atom stereocenters. The molecule has 0 saturated carbocycles. The maximum absolute atomic E-state index is 14.3. The van der Waals surface area contributed by atoms with Crippen molar-refractivity contribution in [3.63, 3.8) is 0 Å². The van der Waals surface area contributed by atoms with Gasteiger partial charge in [-0.25, -0.2) is 0 Å². The lowest BCUT2D eigenvalue weighted by atomic mass is 9.95. The first-order valence-corrected chi connectivity index (χ1v) is 15.4. The van der Waals surface area contributed by atoms with Crippen molar-refractivity contribution in [1.29, 1.82) is 0 Å². The van der Waals surface area contributed by atoms with Gasteiger partial charge in [-0.05, 0) is 63.0 Å². The molecule has 1 aromatic rings. The maximum Gasteiger partial charge on any atom is 0.249 e. The van der Waals surface area contributed by atoms with Crippen molar-refractivity contribution < 1.29 is 28.7 Å². The minimum atomic E-state index is -0.947. The Hall–Kier alpha value is -3.60.